The predicted molar refractivity (Wildman–Crippen MR) is 120 cm³/mol. The summed E-state index contributed by atoms with van der Waals surface area (Å²) in [5.74, 6) is 0.667. The van der Waals surface area contributed by atoms with E-state index in [0.717, 1.165) is 36.0 Å². The highest BCUT2D eigenvalue weighted by Gasteiger charge is 2.25. The molecule has 0 radical (unpaired) electrons. The van der Waals surface area contributed by atoms with E-state index in [1.54, 1.807) is 44.4 Å². The van der Waals surface area contributed by atoms with Gasteiger partial charge in [-0.15, -0.1) is 11.3 Å². The fourth-order valence-electron chi connectivity index (χ4n) is 3.73. The number of carbonyl (C=O) groups is 1. The van der Waals surface area contributed by atoms with Crippen LogP contribution in [0.3, 0.4) is 0 Å². The summed E-state index contributed by atoms with van der Waals surface area (Å²) < 4.78 is 33.9. The highest BCUT2D eigenvalue weighted by atomic mass is 32.2. The van der Waals surface area contributed by atoms with E-state index in [2.05, 4.69) is 0 Å². The Kier molecular flexibility index (Phi) is 5.71. The Labute approximate surface area is 180 Å². The van der Waals surface area contributed by atoms with E-state index in [4.69, 9.17) is 4.74 Å². The SMILES string of the molecule is CCN(c1ccc2sc(C(=O)N3CCCC3)cc2c1)S(=O)(=O)c1ccc(OC)cc1. The topological polar surface area (TPSA) is 66.9 Å². The molecule has 1 fully saturated rings. The molecule has 2 heterocycles. The second kappa shape index (κ2) is 8.28. The molecule has 2 aromatic carbocycles. The summed E-state index contributed by atoms with van der Waals surface area (Å²) >= 11 is 1.46. The molecule has 1 aliphatic rings. The maximum atomic E-state index is 13.2. The van der Waals surface area contributed by atoms with Crippen molar-refractivity contribution in [3.8, 4) is 5.75 Å². The third-order valence-electron chi connectivity index (χ3n) is 5.33. The number of likely N-dealkylation sites (tertiary alicyclic amines) is 1. The van der Waals surface area contributed by atoms with Gasteiger partial charge in [0.15, 0.2) is 0 Å². The van der Waals surface area contributed by atoms with Crippen LogP contribution < -0.4 is 9.04 Å². The molecule has 0 saturated carbocycles. The molecule has 3 aromatic rings. The second-order valence-electron chi connectivity index (χ2n) is 7.18. The van der Waals surface area contributed by atoms with Crippen LogP contribution in [-0.4, -0.2) is 46.0 Å². The summed E-state index contributed by atoms with van der Waals surface area (Å²) in [5.41, 5.74) is 0.582. The average molecular weight is 445 g/mol. The molecule has 0 aliphatic carbocycles. The van der Waals surface area contributed by atoms with Crippen LogP contribution in [-0.2, 0) is 10.0 Å². The zero-order valence-corrected chi connectivity index (χ0v) is 18.6. The number of methoxy groups -OCH3 is 1. The van der Waals surface area contributed by atoms with E-state index < -0.39 is 10.0 Å². The highest BCUT2D eigenvalue weighted by molar-refractivity contribution is 7.92. The first-order valence-electron chi connectivity index (χ1n) is 9.93. The molecule has 8 heteroatoms. The molecule has 4 rings (SSSR count). The molecule has 0 N–H and O–H groups in total. The van der Waals surface area contributed by atoms with Crippen molar-refractivity contribution < 1.29 is 17.9 Å². The van der Waals surface area contributed by atoms with Crippen molar-refractivity contribution in [2.24, 2.45) is 0 Å². The number of carbonyl (C=O) groups excluding carboxylic acids is 1. The third kappa shape index (κ3) is 3.77. The van der Waals surface area contributed by atoms with E-state index in [-0.39, 0.29) is 10.8 Å². The number of fused-ring (bicyclic) bond motifs is 1. The molecule has 0 atom stereocenters. The van der Waals surface area contributed by atoms with Gasteiger partial charge in [-0.3, -0.25) is 9.10 Å². The minimum Gasteiger partial charge on any atom is -0.497 e. The number of thiophene rings is 1. The van der Waals surface area contributed by atoms with Crippen LogP contribution in [0.1, 0.15) is 29.4 Å². The quantitative estimate of drug-likeness (QED) is 0.567. The summed E-state index contributed by atoms with van der Waals surface area (Å²) in [4.78, 5) is 15.5. The van der Waals surface area contributed by atoms with Gasteiger partial charge in [-0.25, -0.2) is 8.42 Å². The van der Waals surface area contributed by atoms with Gasteiger partial charge in [-0.05, 0) is 73.7 Å². The Morgan fingerprint density at radius 3 is 2.43 bits per heavy atom. The fraction of sp³-hybridized carbons (Fsp3) is 0.318. The summed E-state index contributed by atoms with van der Waals surface area (Å²) in [6, 6.07) is 13.8. The first kappa shape index (κ1) is 20.7. The van der Waals surface area contributed by atoms with Crippen molar-refractivity contribution in [1.82, 2.24) is 4.90 Å². The van der Waals surface area contributed by atoms with Gasteiger partial charge in [0.1, 0.15) is 5.75 Å². The normalized spacial score (nSPS) is 14.3. The zero-order valence-electron chi connectivity index (χ0n) is 17.0. The van der Waals surface area contributed by atoms with Crippen LogP contribution in [0.4, 0.5) is 5.69 Å². The number of amides is 1. The van der Waals surface area contributed by atoms with Crippen molar-refractivity contribution in [2.45, 2.75) is 24.7 Å². The summed E-state index contributed by atoms with van der Waals surface area (Å²) in [6.07, 6.45) is 2.10. The van der Waals surface area contributed by atoms with Gasteiger partial charge in [-0.2, -0.15) is 0 Å². The van der Waals surface area contributed by atoms with E-state index in [1.807, 2.05) is 23.1 Å². The largest absolute Gasteiger partial charge is 0.497 e. The van der Waals surface area contributed by atoms with Crippen LogP contribution in [0.25, 0.3) is 10.1 Å². The van der Waals surface area contributed by atoms with Gasteiger partial charge in [0.05, 0.1) is 22.6 Å². The van der Waals surface area contributed by atoms with Crippen LogP contribution in [0, 0.1) is 0 Å². The molecule has 6 nitrogen and oxygen atoms in total. The monoisotopic (exact) mass is 444 g/mol. The lowest BCUT2D eigenvalue weighted by Gasteiger charge is -2.23. The lowest BCUT2D eigenvalue weighted by Crippen LogP contribution is -2.30. The Balaban J connectivity index is 1.66. The van der Waals surface area contributed by atoms with Crippen molar-refractivity contribution >= 4 is 43.0 Å². The maximum Gasteiger partial charge on any atom is 0.264 e. The Bertz CT molecular complexity index is 1160. The van der Waals surface area contributed by atoms with E-state index in [9.17, 15) is 13.2 Å². The molecule has 30 heavy (non-hydrogen) atoms. The first-order chi connectivity index (χ1) is 14.4. The number of benzene rings is 2. The van der Waals surface area contributed by atoms with Gasteiger partial charge < -0.3 is 9.64 Å². The molecule has 0 spiro atoms. The van der Waals surface area contributed by atoms with Gasteiger partial charge in [0.25, 0.3) is 15.9 Å². The van der Waals surface area contributed by atoms with Crippen LogP contribution in [0.2, 0.25) is 0 Å². The number of rotatable bonds is 6. The maximum absolute atomic E-state index is 13.2. The van der Waals surface area contributed by atoms with Gasteiger partial charge in [-0.1, -0.05) is 0 Å². The number of hydrogen-bond acceptors (Lipinski definition) is 5. The molecule has 1 aromatic heterocycles. The minimum absolute atomic E-state index is 0.0634. The fourth-order valence-corrected chi connectivity index (χ4v) is 6.21. The predicted octanol–water partition coefficient (Wildman–Crippen LogP) is 4.36. The number of anilines is 1. The smallest absolute Gasteiger partial charge is 0.264 e. The van der Waals surface area contributed by atoms with E-state index >= 15 is 0 Å². The summed E-state index contributed by atoms with van der Waals surface area (Å²) in [5, 5.41) is 0.878. The van der Waals surface area contributed by atoms with E-state index in [1.165, 1.54) is 15.6 Å². The van der Waals surface area contributed by atoms with Gasteiger partial charge >= 0.3 is 0 Å². The van der Waals surface area contributed by atoms with Crippen molar-refractivity contribution in [1.29, 1.82) is 0 Å². The molecule has 1 aliphatic heterocycles. The Morgan fingerprint density at radius 1 is 1.10 bits per heavy atom. The molecular weight excluding hydrogens is 420 g/mol. The molecule has 0 unspecified atom stereocenters. The van der Waals surface area contributed by atoms with Gasteiger partial charge in [0.2, 0.25) is 0 Å². The van der Waals surface area contributed by atoms with Crippen molar-refractivity contribution in [3.63, 3.8) is 0 Å². The Morgan fingerprint density at radius 2 is 1.80 bits per heavy atom. The van der Waals surface area contributed by atoms with Crippen molar-refractivity contribution in [3.05, 3.63) is 53.4 Å². The number of hydrogen-bond donors (Lipinski definition) is 0. The average Bonchev–Trinajstić information content (AvgIpc) is 3.43. The van der Waals surface area contributed by atoms with Crippen LogP contribution in [0.5, 0.6) is 5.75 Å². The molecular formula is C22H24N2O4S2. The first-order valence-corrected chi connectivity index (χ1v) is 12.2. The third-order valence-corrected chi connectivity index (χ3v) is 8.35. The minimum atomic E-state index is -3.71. The van der Waals surface area contributed by atoms with Crippen LogP contribution in [0.15, 0.2) is 53.4 Å². The zero-order chi connectivity index (χ0) is 21.3. The molecule has 1 saturated heterocycles. The van der Waals surface area contributed by atoms with Crippen LogP contribution >= 0.6 is 11.3 Å². The number of nitrogens with zero attached hydrogens (tertiary/aromatic N) is 2. The summed E-state index contributed by atoms with van der Waals surface area (Å²) in [7, 11) is -2.17. The standard InChI is InChI=1S/C22H24N2O4S2/c1-3-24(30(26,27)19-9-7-18(28-2)8-10-19)17-6-11-20-16(14-17)15-21(29-20)22(25)23-12-4-5-13-23/h6-11,14-15H,3-5,12-13H2,1-2H3. The number of sulfonamides is 1. The summed E-state index contributed by atoms with van der Waals surface area (Å²) in [6.45, 7) is 3.72. The second-order valence-corrected chi connectivity index (χ2v) is 10.1. The lowest BCUT2D eigenvalue weighted by atomic mass is 10.2. The number of ether oxygens (including phenoxy) is 1. The van der Waals surface area contributed by atoms with Gasteiger partial charge in [0, 0.05) is 24.3 Å². The van der Waals surface area contributed by atoms with E-state index in [0.29, 0.717) is 22.9 Å². The molecule has 0 bridgehead atoms. The Hall–Kier alpha value is -2.58. The molecule has 158 valence electrons. The lowest BCUT2D eigenvalue weighted by molar-refractivity contribution is 0.0797. The molecule has 1 amide bonds. The van der Waals surface area contributed by atoms with Crippen molar-refractivity contribution in [2.75, 3.05) is 31.0 Å². The highest BCUT2D eigenvalue weighted by Crippen LogP contribution is 2.33.